The Morgan fingerprint density at radius 1 is 0.354 bits per heavy atom. The molecule has 0 saturated heterocycles. The highest BCUT2D eigenvalue weighted by atomic mass is 16.3. The average molecular weight is 832 g/mol. The maximum Gasteiger partial charge on any atom is 0.160 e. The number of aromatic nitrogens is 2. The molecule has 2 heterocycles. The molecule has 0 unspecified atom stereocenters. The van der Waals surface area contributed by atoms with Gasteiger partial charge in [-0.05, 0) is 87.8 Å². The van der Waals surface area contributed by atoms with E-state index < -0.39 is 0 Å². The van der Waals surface area contributed by atoms with Crippen molar-refractivity contribution in [2.75, 3.05) is 4.90 Å². The minimum absolute atomic E-state index is 0.665. The predicted molar refractivity (Wildman–Crippen MR) is 271 cm³/mol. The first-order valence-corrected chi connectivity index (χ1v) is 22.1. The first kappa shape index (κ1) is 38.1. The number of fused-ring (bicyclic) bond motifs is 5. The van der Waals surface area contributed by atoms with Crippen molar-refractivity contribution in [3.8, 4) is 56.2 Å². The third-order valence-electron chi connectivity index (χ3n) is 12.6. The average Bonchev–Trinajstić information content (AvgIpc) is 3.76. The van der Waals surface area contributed by atoms with Gasteiger partial charge in [0.05, 0.1) is 17.1 Å². The number of furan rings is 1. The molecule has 4 heteroatoms. The second-order valence-electron chi connectivity index (χ2n) is 16.6. The molecule has 0 bridgehead atoms. The predicted octanol–water partition coefficient (Wildman–Crippen LogP) is 16.8. The van der Waals surface area contributed by atoms with Crippen molar-refractivity contribution in [2.45, 2.75) is 6.92 Å². The number of hydrogen-bond donors (Lipinski definition) is 0. The maximum atomic E-state index is 7.39. The summed E-state index contributed by atoms with van der Waals surface area (Å²) in [7, 11) is 0. The van der Waals surface area contributed by atoms with Gasteiger partial charge in [0.1, 0.15) is 5.58 Å². The second kappa shape index (κ2) is 15.9. The van der Waals surface area contributed by atoms with Crippen molar-refractivity contribution in [3.05, 3.63) is 236 Å². The van der Waals surface area contributed by atoms with Gasteiger partial charge in [-0.15, -0.1) is 0 Å². The van der Waals surface area contributed by atoms with Crippen LogP contribution in [0, 0.1) is 6.92 Å². The van der Waals surface area contributed by atoms with Crippen LogP contribution in [0.3, 0.4) is 0 Å². The Kier molecular flexibility index (Phi) is 9.35. The van der Waals surface area contributed by atoms with Crippen molar-refractivity contribution in [3.63, 3.8) is 0 Å². The molecule has 0 saturated carbocycles. The minimum atomic E-state index is 0.665. The molecule has 0 spiro atoms. The lowest BCUT2D eigenvalue weighted by molar-refractivity contribution is 0.670. The first-order valence-electron chi connectivity index (χ1n) is 22.1. The Bertz CT molecular complexity index is 3610. The van der Waals surface area contributed by atoms with Crippen LogP contribution < -0.4 is 4.90 Å². The fourth-order valence-corrected chi connectivity index (χ4v) is 9.37. The topological polar surface area (TPSA) is 42.2 Å². The number of rotatable bonds is 8. The zero-order chi connectivity index (χ0) is 43.3. The normalized spacial score (nSPS) is 11.5. The zero-order valence-corrected chi connectivity index (χ0v) is 35.7. The first-order chi connectivity index (χ1) is 32.1. The second-order valence-corrected chi connectivity index (χ2v) is 16.6. The molecule has 0 N–H and O–H groups in total. The molecular weight excluding hydrogens is 791 g/mol. The van der Waals surface area contributed by atoms with Crippen LogP contribution in [0.5, 0.6) is 0 Å². The molecule has 306 valence electrons. The van der Waals surface area contributed by atoms with Gasteiger partial charge in [-0.2, -0.15) is 0 Å². The number of para-hydroxylation sites is 1. The van der Waals surface area contributed by atoms with Crippen molar-refractivity contribution >= 4 is 60.5 Å². The molecule has 65 heavy (non-hydrogen) atoms. The fraction of sp³-hybridized carbons (Fsp3) is 0.0164. The van der Waals surface area contributed by atoms with E-state index in [1.165, 1.54) is 21.9 Å². The molecule has 0 aliphatic heterocycles. The van der Waals surface area contributed by atoms with Crippen LogP contribution in [0.4, 0.5) is 17.1 Å². The summed E-state index contributed by atoms with van der Waals surface area (Å²) in [6, 6.07) is 81.5. The maximum absolute atomic E-state index is 7.39. The Morgan fingerprint density at radius 2 is 0.862 bits per heavy atom. The molecule has 0 radical (unpaired) electrons. The standard InChI is InChI=1S/C61H41N3O/c1-40-56(49-29-28-43-20-11-12-23-47(43)38-49)62-61(46-21-9-4-10-22-46)63-57(40)54-27-15-26-53-55-39-48-24-13-14-25-52(48)58(60(55)65-59(53)54)64(50-34-30-44(31-35-50)41-16-5-2-6-17-41)51-36-32-45(33-37-51)42-18-7-3-8-19-42/h2-39H,1H3. The summed E-state index contributed by atoms with van der Waals surface area (Å²) in [6.45, 7) is 2.13. The molecule has 0 fully saturated rings. The fourth-order valence-electron chi connectivity index (χ4n) is 9.37. The largest absolute Gasteiger partial charge is 0.453 e. The van der Waals surface area contributed by atoms with Gasteiger partial charge in [0.2, 0.25) is 0 Å². The number of hydrogen-bond acceptors (Lipinski definition) is 4. The number of benzene rings is 10. The highest BCUT2D eigenvalue weighted by Crippen LogP contribution is 2.49. The molecule has 2 aromatic heterocycles. The number of anilines is 3. The molecule has 0 aliphatic rings. The molecule has 0 atom stereocenters. The Labute approximate surface area is 377 Å². The third-order valence-corrected chi connectivity index (χ3v) is 12.6. The minimum Gasteiger partial charge on any atom is -0.453 e. The van der Waals surface area contributed by atoms with Crippen LogP contribution in [0.25, 0.3) is 99.6 Å². The quantitative estimate of drug-likeness (QED) is 0.153. The Balaban J connectivity index is 1.10. The monoisotopic (exact) mass is 831 g/mol. The van der Waals surface area contributed by atoms with E-state index in [4.69, 9.17) is 14.4 Å². The van der Waals surface area contributed by atoms with Crippen LogP contribution in [0.15, 0.2) is 235 Å². The summed E-state index contributed by atoms with van der Waals surface area (Å²) in [5.41, 5.74) is 14.9. The summed E-state index contributed by atoms with van der Waals surface area (Å²) in [5.74, 6) is 0.665. The molecule has 10 aromatic carbocycles. The van der Waals surface area contributed by atoms with Gasteiger partial charge in [-0.25, -0.2) is 9.97 Å². The lowest BCUT2D eigenvalue weighted by Gasteiger charge is -2.27. The van der Waals surface area contributed by atoms with Crippen LogP contribution >= 0.6 is 0 Å². The lowest BCUT2D eigenvalue weighted by atomic mass is 9.97. The SMILES string of the molecule is Cc1c(-c2ccc3ccccc3c2)nc(-c2ccccc2)nc1-c1cccc2c1oc1c(N(c3ccc(-c4ccccc4)cc3)c3ccc(-c4ccccc4)cc3)c3ccccc3cc12. The van der Waals surface area contributed by atoms with Crippen molar-refractivity contribution in [1.82, 2.24) is 9.97 Å². The van der Waals surface area contributed by atoms with Gasteiger partial charge in [0.25, 0.3) is 0 Å². The summed E-state index contributed by atoms with van der Waals surface area (Å²) in [5, 5.41) is 6.62. The summed E-state index contributed by atoms with van der Waals surface area (Å²) in [4.78, 5) is 13.0. The van der Waals surface area contributed by atoms with E-state index in [9.17, 15) is 0 Å². The van der Waals surface area contributed by atoms with Crippen molar-refractivity contribution < 1.29 is 4.42 Å². The van der Waals surface area contributed by atoms with Crippen molar-refractivity contribution in [2.24, 2.45) is 0 Å². The van der Waals surface area contributed by atoms with Crippen LogP contribution in [0.1, 0.15) is 5.56 Å². The van der Waals surface area contributed by atoms with E-state index >= 15 is 0 Å². The summed E-state index contributed by atoms with van der Waals surface area (Å²) < 4.78 is 7.39. The van der Waals surface area contributed by atoms with E-state index in [2.05, 4.69) is 224 Å². The van der Waals surface area contributed by atoms with Gasteiger partial charge in [-0.1, -0.05) is 188 Å². The third kappa shape index (κ3) is 6.80. The summed E-state index contributed by atoms with van der Waals surface area (Å²) >= 11 is 0. The van der Waals surface area contributed by atoms with E-state index in [0.29, 0.717) is 5.82 Å². The zero-order valence-electron chi connectivity index (χ0n) is 35.7. The molecule has 12 aromatic rings. The van der Waals surface area contributed by atoms with Gasteiger partial charge in [-0.3, -0.25) is 0 Å². The van der Waals surface area contributed by atoms with E-state index in [1.807, 2.05) is 18.2 Å². The summed E-state index contributed by atoms with van der Waals surface area (Å²) in [6.07, 6.45) is 0. The Hall–Kier alpha value is -8.60. The van der Waals surface area contributed by atoms with Gasteiger partial charge in [0.15, 0.2) is 11.4 Å². The highest BCUT2D eigenvalue weighted by Gasteiger charge is 2.26. The van der Waals surface area contributed by atoms with E-state index in [-0.39, 0.29) is 0 Å². The van der Waals surface area contributed by atoms with Gasteiger partial charge >= 0.3 is 0 Å². The lowest BCUT2D eigenvalue weighted by Crippen LogP contribution is -2.11. The van der Waals surface area contributed by atoms with E-state index in [1.54, 1.807) is 0 Å². The smallest absolute Gasteiger partial charge is 0.160 e. The molecular formula is C61H41N3O. The van der Waals surface area contributed by atoms with Crippen LogP contribution in [-0.2, 0) is 0 Å². The molecule has 12 rings (SSSR count). The van der Waals surface area contributed by atoms with Gasteiger partial charge < -0.3 is 9.32 Å². The van der Waals surface area contributed by atoms with Crippen LogP contribution in [0.2, 0.25) is 0 Å². The highest BCUT2D eigenvalue weighted by molar-refractivity contribution is 6.21. The number of nitrogens with zero attached hydrogens (tertiary/aromatic N) is 3. The van der Waals surface area contributed by atoms with Crippen molar-refractivity contribution in [1.29, 1.82) is 0 Å². The Morgan fingerprint density at radius 3 is 1.51 bits per heavy atom. The van der Waals surface area contributed by atoms with E-state index in [0.717, 1.165) is 94.5 Å². The van der Waals surface area contributed by atoms with Gasteiger partial charge in [0, 0.05) is 49.8 Å². The molecule has 0 amide bonds. The van der Waals surface area contributed by atoms with Crippen LogP contribution in [-0.4, -0.2) is 9.97 Å². The molecule has 4 nitrogen and oxygen atoms in total. The molecule has 0 aliphatic carbocycles.